The molecule has 0 aliphatic carbocycles. The molecule has 3 aromatic heterocycles. The van der Waals surface area contributed by atoms with Crippen molar-refractivity contribution in [1.29, 1.82) is 0 Å². The quantitative estimate of drug-likeness (QED) is 0.778. The van der Waals surface area contributed by atoms with Crippen molar-refractivity contribution in [3.63, 3.8) is 0 Å². The fraction of sp³-hybridized carbons (Fsp3) is 0.421. The lowest BCUT2D eigenvalue weighted by molar-refractivity contribution is 0.783. The number of aryl methyl sites for hydroxylation is 3. The molecule has 0 saturated heterocycles. The molecule has 0 spiro atoms. The monoisotopic (exact) mass is 323 g/mol. The highest BCUT2D eigenvalue weighted by atomic mass is 15.1. The van der Waals surface area contributed by atoms with Crippen LogP contribution in [0.3, 0.4) is 0 Å². The maximum Gasteiger partial charge on any atom is 0.159 e. The number of fused-ring (bicyclic) bond motifs is 1. The molecule has 0 amide bonds. The third kappa shape index (κ3) is 2.64. The molecule has 0 atom stereocenters. The Labute approximate surface area is 143 Å². The molecule has 1 N–H and O–H groups in total. The van der Waals surface area contributed by atoms with Crippen LogP contribution >= 0.6 is 0 Å². The number of hydrogen-bond donors (Lipinski definition) is 1. The number of hydrogen-bond acceptors (Lipinski definition) is 4. The van der Waals surface area contributed by atoms with Gasteiger partial charge in [-0.05, 0) is 44.4 Å². The molecular weight excluding hydrogens is 298 g/mol. The summed E-state index contributed by atoms with van der Waals surface area (Å²) in [4.78, 5) is 14.5. The molecule has 0 radical (unpaired) electrons. The number of aromatic nitrogens is 4. The zero-order valence-corrected chi connectivity index (χ0v) is 15.3. The van der Waals surface area contributed by atoms with Gasteiger partial charge in [0, 0.05) is 31.0 Å². The number of anilines is 1. The Bertz CT molecular complexity index is 892. The summed E-state index contributed by atoms with van der Waals surface area (Å²) in [7, 11) is 1.90. The zero-order chi connectivity index (χ0) is 17.4. The van der Waals surface area contributed by atoms with E-state index in [4.69, 9.17) is 15.0 Å². The van der Waals surface area contributed by atoms with Crippen LogP contribution in [0.2, 0.25) is 0 Å². The predicted octanol–water partition coefficient (Wildman–Crippen LogP) is 4.30. The summed E-state index contributed by atoms with van der Waals surface area (Å²) in [6.07, 6.45) is 2.12. The molecule has 0 unspecified atom stereocenters. The molecule has 3 aromatic rings. The molecule has 0 aliphatic heterocycles. The number of pyridine rings is 1. The zero-order valence-electron chi connectivity index (χ0n) is 15.3. The third-order valence-corrected chi connectivity index (χ3v) is 4.39. The summed E-state index contributed by atoms with van der Waals surface area (Å²) in [6.45, 7) is 11.4. The summed E-state index contributed by atoms with van der Waals surface area (Å²) in [5.41, 5.74) is 6.96. The molecule has 0 aromatic carbocycles. The lowest BCUT2D eigenvalue weighted by atomic mass is 10.1. The van der Waals surface area contributed by atoms with Gasteiger partial charge in [0.1, 0.15) is 11.3 Å². The van der Waals surface area contributed by atoms with E-state index in [1.54, 1.807) is 0 Å². The van der Waals surface area contributed by atoms with Crippen LogP contribution in [0.4, 0.5) is 5.82 Å². The smallest absolute Gasteiger partial charge is 0.159 e. The summed E-state index contributed by atoms with van der Waals surface area (Å²) in [6, 6.07) is 4.18. The minimum atomic E-state index is 0.390. The van der Waals surface area contributed by atoms with Gasteiger partial charge in [-0.2, -0.15) is 0 Å². The third-order valence-electron chi connectivity index (χ3n) is 4.39. The lowest BCUT2D eigenvalue weighted by Gasteiger charge is -2.13. The largest absolute Gasteiger partial charge is 0.373 e. The van der Waals surface area contributed by atoms with Gasteiger partial charge in [-0.15, -0.1) is 0 Å². The maximum atomic E-state index is 4.93. The van der Waals surface area contributed by atoms with Gasteiger partial charge in [-0.3, -0.25) is 0 Å². The van der Waals surface area contributed by atoms with Crippen molar-refractivity contribution in [1.82, 2.24) is 19.5 Å². The Morgan fingerprint density at radius 2 is 1.88 bits per heavy atom. The van der Waals surface area contributed by atoms with Crippen molar-refractivity contribution in [2.75, 3.05) is 12.4 Å². The van der Waals surface area contributed by atoms with Crippen molar-refractivity contribution >= 4 is 17.0 Å². The van der Waals surface area contributed by atoms with Gasteiger partial charge in [-0.25, -0.2) is 15.0 Å². The number of nitrogens with one attached hydrogen (secondary N) is 1. The highest BCUT2D eigenvalue weighted by molar-refractivity contribution is 5.82. The van der Waals surface area contributed by atoms with Crippen LogP contribution in [-0.4, -0.2) is 26.6 Å². The van der Waals surface area contributed by atoms with Crippen molar-refractivity contribution < 1.29 is 0 Å². The first-order chi connectivity index (χ1) is 11.5. The first-order valence-corrected chi connectivity index (χ1v) is 8.49. The van der Waals surface area contributed by atoms with Gasteiger partial charge >= 0.3 is 0 Å². The number of rotatable bonds is 4. The Balaban J connectivity index is 2.22. The van der Waals surface area contributed by atoms with Crippen molar-refractivity contribution in [2.45, 2.75) is 47.1 Å². The summed E-state index contributed by atoms with van der Waals surface area (Å²) in [5, 5.41) is 3.21. The van der Waals surface area contributed by atoms with E-state index < -0.39 is 0 Å². The molecule has 3 rings (SSSR count). The Morgan fingerprint density at radius 1 is 1.12 bits per heavy atom. The van der Waals surface area contributed by atoms with E-state index in [-0.39, 0.29) is 0 Å². The fourth-order valence-electron chi connectivity index (χ4n) is 3.00. The van der Waals surface area contributed by atoms with E-state index >= 15 is 0 Å². The normalized spacial score (nSPS) is 11.5. The van der Waals surface area contributed by atoms with Crippen molar-refractivity contribution in [2.24, 2.45) is 0 Å². The van der Waals surface area contributed by atoms with E-state index in [0.717, 1.165) is 51.7 Å². The van der Waals surface area contributed by atoms with Crippen molar-refractivity contribution in [3.05, 3.63) is 35.3 Å². The molecule has 0 fully saturated rings. The first kappa shape index (κ1) is 16.4. The minimum Gasteiger partial charge on any atom is -0.373 e. The second kappa shape index (κ2) is 6.23. The summed E-state index contributed by atoms with van der Waals surface area (Å²) < 4.78 is 2.15. The maximum absolute atomic E-state index is 4.93. The Morgan fingerprint density at radius 3 is 2.50 bits per heavy atom. The van der Waals surface area contributed by atoms with E-state index in [1.165, 1.54) is 0 Å². The molecule has 0 bridgehead atoms. The molecular formula is C19H25N5. The van der Waals surface area contributed by atoms with E-state index in [2.05, 4.69) is 55.9 Å². The summed E-state index contributed by atoms with van der Waals surface area (Å²) >= 11 is 0. The van der Waals surface area contributed by atoms with Gasteiger partial charge in [-0.1, -0.05) is 13.8 Å². The van der Waals surface area contributed by atoms with Crippen LogP contribution in [0, 0.1) is 13.8 Å². The molecule has 0 saturated carbocycles. The van der Waals surface area contributed by atoms with Crippen LogP contribution in [0.15, 0.2) is 18.3 Å². The highest BCUT2D eigenvalue weighted by Gasteiger charge is 2.16. The minimum absolute atomic E-state index is 0.390. The molecule has 3 heterocycles. The average Bonchev–Trinajstić information content (AvgIpc) is 2.88. The molecule has 5 heteroatoms. The van der Waals surface area contributed by atoms with Crippen LogP contribution in [0.25, 0.3) is 22.4 Å². The second-order valence-electron chi connectivity index (χ2n) is 6.46. The van der Waals surface area contributed by atoms with Crippen LogP contribution in [-0.2, 0) is 6.54 Å². The van der Waals surface area contributed by atoms with Gasteiger partial charge < -0.3 is 9.88 Å². The molecule has 0 aliphatic rings. The molecule has 126 valence electrons. The lowest BCUT2D eigenvalue weighted by Crippen LogP contribution is -2.04. The van der Waals surface area contributed by atoms with Gasteiger partial charge in [0.15, 0.2) is 5.65 Å². The van der Waals surface area contributed by atoms with Gasteiger partial charge in [0.25, 0.3) is 0 Å². The summed E-state index contributed by atoms with van der Waals surface area (Å²) in [5.74, 6) is 1.24. The van der Waals surface area contributed by atoms with Crippen LogP contribution in [0.1, 0.15) is 43.6 Å². The predicted molar refractivity (Wildman–Crippen MR) is 99.5 cm³/mol. The standard InChI is InChI=1S/C19H25N5/c1-7-24-10-12(4)16-19(24)21-13(5)17(23-16)14-8-9-15(11(2)3)22-18(14)20-6/h8-11H,7H2,1-6H3,(H,20,22). The highest BCUT2D eigenvalue weighted by Crippen LogP contribution is 2.31. The topological polar surface area (TPSA) is 55.6 Å². The SMILES string of the molecule is CCn1cc(C)c2nc(-c3ccc(C(C)C)nc3NC)c(C)nc21. The van der Waals surface area contributed by atoms with E-state index in [1.807, 2.05) is 14.0 Å². The van der Waals surface area contributed by atoms with E-state index in [9.17, 15) is 0 Å². The van der Waals surface area contributed by atoms with Gasteiger partial charge in [0.05, 0.1) is 11.4 Å². The van der Waals surface area contributed by atoms with Crippen molar-refractivity contribution in [3.8, 4) is 11.3 Å². The van der Waals surface area contributed by atoms with E-state index in [0.29, 0.717) is 5.92 Å². The average molecular weight is 323 g/mol. The first-order valence-electron chi connectivity index (χ1n) is 8.49. The second-order valence-corrected chi connectivity index (χ2v) is 6.46. The van der Waals surface area contributed by atoms with Crippen LogP contribution < -0.4 is 5.32 Å². The Kier molecular flexibility index (Phi) is 4.26. The molecule has 24 heavy (non-hydrogen) atoms. The number of nitrogens with zero attached hydrogens (tertiary/aromatic N) is 4. The van der Waals surface area contributed by atoms with Gasteiger partial charge in [0.2, 0.25) is 0 Å². The Hall–Kier alpha value is -2.43. The molecule has 5 nitrogen and oxygen atoms in total. The van der Waals surface area contributed by atoms with Crippen LogP contribution in [0.5, 0.6) is 0 Å². The fourth-order valence-corrected chi connectivity index (χ4v) is 3.00.